The summed E-state index contributed by atoms with van der Waals surface area (Å²) in [5.74, 6) is -1.22. The van der Waals surface area contributed by atoms with Gasteiger partial charge < -0.3 is 10.2 Å². The number of hydrogen-bond donors (Lipinski definition) is 2. The Morgan fingerprint density at radius 2 is 2.14 bits per heavy atom. The van der Waals surface area contributed by atoms with E-state index in [-0.39, 0.29) is 12.5 Å². The summed E-state index contributed by atoms with van der Waals surface area (Å²) < 4.78 is 0. The largest absolute Gasteiger partial charge is 0.385 e. The molecule has 6 heteroatoms. The van der Waals surface area contributed by atoms with Crippen LogP contribution in [0.2, 0.25) is 0 Å². The highest BCUT2D eigenvalue weighted by Crippen LogP contribution is 2.21. The molecule has 2 rings (SSSR count). The third-order valence-corrected chi connectivity index (χ3v) is 3.46. The number of anilines is 1. The van der Waals surface area contributed by atoms with Crippen LogP contribution in [0.5, 0.6) is 0 Å². The monoisotopic (exact) mass is 289 g/mol. The summed E-state index contributed by atoms with van der Waals surface area (Å²) in [6.07, 6.45) is 0. The van der Waals surface area contributed by atoms with E-state index in [0.717, 1.165) is 5.56 Å². The highest BCUT2D eigenvalue weighted by molar-refractivity contribution is 6.08. The van der Waals surface area contributed by atoms with Crippen LogP contribution in [0.15, 0.2) is 18.2 Å². The first-order chi connectivity index (χ1) is 9.93. The molecule has 1 aromatic carbocycles. The van der Waals surface area contributed by atoms with Crippen molar-refractivity contribution < 1.29 is 14.4 Å². The number of amides is 3. The number of aryl methyl sites for hydroxylation is 1. The van der Waals surface area contributed by atoms with Gasteiger partial charge in [0, 0.05) is 12.2 Å². The lowest BCUT2D eigenvalue weighted by Crippen LogP contribution is -2.58. The molecular weight excluding hydrogens is 270 g/mol. The predicted octanol–water partition coefficient (Wildman–Crippen LogP) is 0.914. The molecular formula is C15H19N3O3. The van der Waals surface area contributed by atoms with E-state index < -0.39 is 17.9 Å². The van der Waals surface area contributed by atoms with E-state index in [1.807, 2.05) is 26.0 Å². The normalized spacial score (nSPS) is 18.4. The number of benzene rings is 1. The summed E-state index contributed by atoms with van der Waals surface area (Å²) in [6, 6.07) is 4.85. The molecule has 1 aliphatic rings. The van der Waals surface area contributed by atoms with Crippen LogP contribution in [0, 0.1) is 6.92 Å². The van der Waals surface area contributed by atoms with Crippen molar-refractivity contribution in [2.75, 3.05) is 18.4 Å². The zero-order valence-corrected chi connectivity index (χ0v) is 12.4. The molecule has 0 saturated carbocycles. The van der Waals surface area contributed by atoms with Gasteiger partial charge in [0.15, 0.2) is 0 Å². The number of piperazine rings is 1. The van der Waals surface area contributed by atoms with Crippen LogP contribution in [-0.2, 0) is 9.59 Å². The van der Waals surface area contributed by atoms with Gasteiger partial charge in [0.1, 0.15) is 12.6 Å². The Bertz CT molecular complexity index is 598. The summed E-state index contributed by atoms with van der Waals surface area (Å²) in [6.45, 7) is 6.02. The smallest absolute Gasteiger partial charge is 0.257 e. The third-order valence-electron chi connectivity index (χ3n) is 3.46. The topological polar surface area (TPSA) is 78.5 Å². The van der Waals surface area contributed by atoms with Crippen LogP contribution in [0.4, 0.5) is 5.69 Å². The Labute approximate surface area is 123 Å². The van der Waals surface area contributed by atoms with Gasteiger partial charge in [-0.25, -0.2) is 0 Å². The fraction of sp³-hybridized carbons (Fsp3) is 0.400. The van der Waals surface area contributed by atoms with Crippen LogP contribution < -0.4 is 10.6 Å². The molecule has 0 aliphatic carbocycles. The number of imide groups is 1. The van der Waals surface area contributed by atoms with Crippen LogP contribution >= 0.6 is 0 Å². The second-order valence-electron chi connectivity index (χ2n) is 5.10. The van der Waals surface area contributed by atoms with Crippen molar-refractivity contribution in [2.45, 2.75) is 26.8 Å². The molecule has 0 radical (unpaired) electrons. The molecule has 1 unspecified atom stereocenters. The van der Waals surface area contributed by atoms with Crippen molar-refractivity contribution in [3.05, 3.63) is 29.3 Å². The Morgan fingerprint density at radius 3 is 2.81 bits per heavy atom. The van der Waals surface area contributed by atoms with Crippen LogP contribution in [0.25, 0.3) is 0 Å². The number of hydrogen-bond acceptors (Lipinski definition) is 4. The number of rotatable bonds is 3. The van der Waals surface area contributed by atoms with Crippen molar-refractivity contribution in [3.8, 4) is 0 Å². The highest BCUT2D eigenvalue weighted by Gasteiger charge is 2.34. The zero-order valence-electron chi connectivity index (χ0n) is 12.4. The van der Waals surface area contributed by atoms with Gasteiger partial charge in [-0.3, -0.25) is 19.7 Å². The molecule has 0 aromatic heterocycles. The maximum absolute atomic E-state index is 12.7. The average Bonchev–Trinajstić information content (AvgIpc) is 2.44. The van der Waals surface area contributed by atoms with E-state index in [4.69, 9.17) is 0 Å². The molecule has 1 fully saturated rings. The number of carbonyl (C=O) groups is 3. The Balaban J connectivity index is 2.36. The summed E-state index contributed by atoms with van der Waals surface area (Å²) in [5, 5.41) is 5.36. The molecule has 112 valence electrons. The van der Waals surface area contributed by atoms with Gasteiger partial charge in [0.05, 0.1) is 5.56 Å². The zero-order chi connectivity index (χ0) is 15.6. The maximum Gasteiger partial charge on any atom is 0.257 e. The number of nitrogens with zero attached hydrogens (tertiary/aromatic N) is 1. The maximum atomic E-state index is 12.7. The minimum atomic E-state index is -0.662. The van der Waals surface area contributed by atoms with Crippen molar-refractivity contribution >= 4 is 23.4 Å². The molecule has 3 amide bonds. The van der Waals surface area contributed by atoms with Gasteiger partial charge in [0.2, 0.25) is 11.8 Å². The van der Waals surface area contributed by atoms with Gasteiger partial charge in [-0.05, 0) is 32.9 Å². The van der Waals surface area contributed by atoms with Crippen LogP contribution in [-0.4, -0.2) is 41.8 Å². The second kappa shape index (κ2) is 5.95. The highest BCUT2D eigenvalue weighted by atomic mass is 16.2. The molecule has 6 nitrogen and oxygen atoms in total. The molecule has 1 heterocycles. The summed E-state index contributed by atoms with van der Waals surface area (Å²) in [4.78, 5) is 37.2. The molecule has 1 atom stereocenters. The SMILES string of the molecule is CCNc1ccc(C)cc1C(=O)N1CC(=O)NC(=O)C1C. The van der Waals surface area contributed by atoms with E-state index in [0.29, 0.717) is 17.8 Å². The summed E-state index contributed by atoms with van der Waals surface area (Å²) in [5.41, 5.74) is 2.13. The minimum absolute atomic E-state index is 0.106. The van der Waals surface area contributed by atoms with E-state index in [9.17, 15) is 14.4 Å². The Morgan fingerprint density at radius 1 is 1.43 bits per heavy atom. The minimum Gasteiger partial charge on any atom is -0.385 e. The van der Waals surface area contributed by atoms with E-state index in [1.54, 1.807) is 13.0 Å². The second-order valence-corrected chi connectivity index (χ2v) is 5.10. The predicted molar refractivity (Wildman–Crippen MR) is 79.0 cm³/mol. The van der Waals surface area contributed by atoms with Gasteiger partial charge in [-0.15, -0.1) is 0 Å². The first-order valence-corrected chi connectivity index (χ1v) is 6.93. The van der Waals surface area contributed by atoms with Crippen molar-refractivity contribution in [3.63, 3.8) is 0 Å². The molecule has 0 bridgehead atoms. The van der Waals surface area contributed by atoms with E-state index in [2.05, 4.69) is 10.6 Å². The summed E-state index contributed by atoms with van der Waals surface area (Å²) in [7, 11) is 0. The molecule has 1 aromatic rings. The molecule has 1 aliphatic heterocycles. The van der Waals surface area contributed by atoms with Crippen LogP contribution in [0.1, 0.15) is 29.8 Å². The molecule has 1 saturated heterocycles. The summed E-state index contributed by atoms with van der Waals surface area (Å²) >= 11 is 0. The lowest BCUT2D eigenvalue weighted by molar-refractivity contribution is -0.138. The molecule has 21 heavy (non-hydrogen) atoms. The van der Waals surface area contributed by atoms with Crippen molar-refractivity contribution in [1.29, 1.82) is 0 Å². The van der Waals surface area contributed by atoms with E-state index in [1.165, 1.54) is 4.90 Å². The lowest BCUT2D eigenvalue weighted by atomic mass is 10.1. The quantitative estimate of drug-likeness (QED) is 0.811. The number of carbonyl (C=O) groups excluding carboxylic acids is 3. The Hall–Kier alpha value is -2.37. The van der Waals surface area contributed by atoms with Gasteiger partial charge in [-0.1, -0.05) is 11.6 Å². The van der Waals surface area contributed by atoms with Gasteiger partial charge >= 0.3 is 0 Å². The molecule has 0 spiro atoms. The Kier molecular flexibility index (Phi) is 4.26. The number of nitrogens with one attached hydrogen (secondary N) is 2. The standard InChI is InChI=1S/C15H19N3O3/c1-4-16-12-6-5-9(2)7-11(12)15(21)18-8-13(19)17-14(20)10(18)3/h5-7,10,16H,4,8H2,1-3H3,(H,17,19,20). The molecule has 2 N–H and O–H groups in total. The van der Waals surface area contributed by atoms with Crippen molar-refractivity contribution in [1.82, 2.24) is 10.2 Å². The fourth-order valence-corrected chi connectivity index (χ4v) is 2.30. The van der Waals surface area contributed by atoms with Crippen molar-refractivity contribution in [2.24, 2.45) is 0 Å². The fourth-order valence-electron chi connectivity index (χ4n) is 2.30. The first kappa shape index (κ1) is 15.0. The van der Waals surface area contributed by atoms with Gasteiger partial charge in [0.25, 0.3) is 5.91 Å². The average molecular weight is 289 g/mol. The van der Waals surface area contributed by atoms with E-state index >= 15 is 0 Å². The third kappa shape index (κ3) is 3.04. The van der Waals surface area contributed by atoms with Crippen LogP contribution in [0.3, 0.4) is 0 Å². The van der Waals surface area contributed by atoms with Gasteiger partial charge in [-0.2, -0.15) is 0 Å². The lowest BCUT2D eigenvalue weighted by Gasteiger charge is -2.32. The first-order valence-electron chi connectivity index (χ1n) is 6.93.